The summed E-state index contributed by atoms with van der Waals surface area (Å²) in [4.78, 5) is 22.5. The number of pyridine rings is 2. The minimum atomic E-state index is 0.109. The number of aromatic nitrogens is 4. The van der Waals surface area contributed by atoms with E-state index in [1.165, 1.54) is 0 Å². The van der Waals surface area contributed by atoms with E-state index in [2.05, 4.69) is 33.4 Å². The van der Waals surface area contributed by atoms with Gasteiger partial charge >= 0.3 is 0 Å². The molecule has 162 valence electrons. The van der Waals surface area contributed by atoms with Crippen LogP contribution in [0.2, 0.25) is 0 Å². The van der Waals surface area contributed by atoms with Crippen molar-refractivity contribution in [3.63, 3.8) is 0 Å². The van der Waals surface area contributed by atoms with Gasteiger partial charge in [0.1, 0.15) is 11.6 Å². The summed E-state index contributed by atoms with van der Waals surface area (Å²) >= 11 is 0. The van der Waals surface area contributed by atoms with E-state index >= 15 is 0 Å². The average molecular weight is 428 g/mol. The molecule has 8 nitrogen and oxygen atoms in total. The van der Waals surface area contributed by atoms with Crippen LogP contribution in [0.15, 0.2) is 55.0 Å². The van der Waals surface area contributed by atoms with Crippen LogP contribution in [-0.4, -0.2) is 43.6 Å². The van der Waals surface area contributed by atoms with Crippen molar-refractivity contribution in [2.24, 2.45) is 0 Å². The predicted molar refractivity (Wildman–Crippen MR) is 126 cm³/mol. The number of amides is 1. The lowest BCUT2D eigenvalue weighted by molar-refractivity contribution is -0.127. The lowest BCUT2D eigenvalue weighted by Crippen LogP contribution is -2.26. The summed E-state index contributed by atoms with van der Waals surface area (Å²) < 4.78 is 1.92. The highest BCUT2D eigenvalue weighted by molar-refractivity contribution is 5.94. The first kappa shape index (κ1) is 20.0. The molecule has 1 atom stereocenters. The van der Waals surface area contributed by atoms with Crippen molar-refractivity contribution in [1.29, 1.82) is 0 Å². The Labute approximate surface area is 186 Å². The predicted octanol–water partition coefficient (Wildman–Crippen LogP) is 3.92. The third kappa shape index (κ3) is 3.75. The molecule has 32 heavy (non-hydrogen) atoms. The molecule has 3 aromatic heterocycles. The SMILES string of the molecule is CC(=O)N1CCC(n2cc(Nc3cc4cc(-c5ccccc5C)nc(N)c4cn3)cn2)C1. The van der Waals surface area contributed by atoms with Gasteiger partial charge in [0, 0.05) is 43.4 Å². The lowest BCUT2D eigenvalue weighted by atomic mass is 10.0. The maximum atomic E-state index is 11.6. The highest BCUT2D eigenvalue weighted by Gasteiger charge is 2.26. The first-order valence-corrected chi connectivity index (χ1v) is 10.7. The van der Waals surface area contributed by atoms with Crippen LogP contribution in [0.25, 0.3) is 22.0 Å². The van der Waals surface area contributed by atoms with E-state index in [0.717, 1.165) is 46.2 Å². The summed E-state index contributed by atoms with van der Waals surface area (Å²) in [7, 11) is 0. The van der Waals surface area contributed by atoms with Crippen molar-refractivity contribution in [2.75, 3.05) is 24.1 Å². The van der Waals surface area contributed by atoms with Crippen LogP contribution < -0.4 is 11.1 Å². The molecule has 1 aliphatic heterocycles. The normalized spacial score (nSPS) is 15.9. The standard InChI is InChI=1S/C24H25N7O/c1-15-5-3-4-6-20(15)22-9-17-10-23(26-12-21(17)24(25)29-22)28-18-11-27-31(13-18)19-7-8-30(14-19)16(2)32/h3-6,9-13,19H,7-8,14H2,1-2H3,(H2,25,29)(H,26,28). The number of nitrogens with one attached hydrogen (secondary N) is 1. The van der Waals surface area contributed by atoms with Gasteiger partial charge in [-0.3, -0.25) is 9.48 Å². The van der Waals surface area contributed by atoms with E-state index in [1.54, 1.807) is 19.3 Å². The molecule has 0 bridgehead atoms. The average Bonchev–Trinajstić information content (AvgIpc) is 3.43. The largest absolute Gasteiger partial charge is 0.383 e. The van der Waals surface area contributed by atoms with Crippen molar-refractivity contribution in [1.82, 2.24) is 24.6 Å². The zero-order valence-corrected chi connectivity index (χ0v) is 18.1. The summed E-state index contributed by atoms with van der Waals surface area (Å²) in [6.07, 6.45) is 6.39. The molecule has 1 aromatic carbocycles. The van der Waals surface area contributed by atoms with Gasteiger partial charge in [0.25, 0.3) is 0 Å². The van der Waals surface area contributed by atoms with Gasteiger partial charge in [-0.25, -0.2) is 9.97 Å². The highest BCUT2D eigenvalue weighted by atomic mass is 16.2. The van der Waals surface area contributed by atoms with Gasteiger partial charge < -0.3 is 16.0 Å². The lowest BCUT2D eigenvalue weighted by Gasteiger charge is -2.14. The van der Waals surface area contributed by atoms with Crippen LogP contribution >= 0.6 is 0 Å². The van der Waals surface area contributed by atoms with Crippen LogP contribution in [0.3, 0.4) is 0 Å². The fraction of sp³-hybridized carbons (Fsp3) is 0.250. The zero-order chi connectivity index (χ0) is 22.2. The van der Waals surface area contributed by atoms with Crippen molar-refractivity contribution in [2.45, 2.75) is 26.3 Å². The molecule has 1 unspecified atom stereocenters. The third-order valence-electron chi connectivity index (χ3n) is 6.02. The Kier molecular flexibility index (Phi) is 4.97. The molecule has 0 spiro atoms. The van der Waals surface area contributed by atoms with E-state index < -0.39 is 0 Å². The maximum absolute atomic E-state index is 11.6. The molecule has 1 saturated heterocycles. The first-order valence-electron chi connectivity index (χ1n) is 10.7. The van der Waals surface area contributed by atoms with Gasteiger partial charge in [-0.15, -0.1) is 0 Å². The van der Waals surface area contributed by atoms with E-state index in [1.807, 2.05) is 46.1 Å². The molecule has 4 heterocycles. The number of rotatable bonds is 4. The van der Waals surface area contributed by atoms with E-state index in [4.69, 9.17) is 5.73 Å². The second-order valence-corrected chi connectivity index (χ2v) is 8.24. The minimum Gasteiger partial charge on any atom is -0.383 e. The highest BCUT2D eigenvalue weighted by Crippen LogP contribution is 2.30. The number of benzene rings is 1. The van der Waals surface area contributed by atoms with Gasteiger partial charge in [0.2, 0.25) is 5.91 Å². The molecular weight excluding hydrogens is 402 g/mol. The molecule has 1 aliphatic rings. The van der Waals surface area contributed by atoms with Crippen LogP contribution in [0.1, 0.15) is 24.9 Å². The Morgan fingerprint density at radius 1 is 1.22 bits per heavy atom. The molecule has 0 aliphatic carbocycles. The Morgan fingerprint density at radius 3 is 2.84 bits per heavy atom. The van der Waals surface area contributed by atoms with Crippen molar-refractivity contribution in [3.05, 3.63) is 60.6 Å². The molecule has 0 saturated carbocycles. The van der Waals surface area contributed by atoms with Crippen molar-refractivity contribution < 1.29 is 4.79 Å². The van der Waals surface area contributed by atoms with E-state index in [9.17, 15) is 4.79 Å². The topological polar surface area (TPSA) is 102 Å². The number of hydrogen-bond donors (Lipinski definition) is 2. The Balaban J connectivity index is 1.40. The van der Waals surface area contributed by atoms with Gasteiger partial charge in [-0.05, 0) is 36.4 Å². The molecule has 4 aromatic rings. The zero-order valence-electron chi connectivity index (χ0n) is 18.1. The molecule has 1 fully saturated rings. The maximum Gasteiger partial charge on any atom is 0.219 e. The van der Waals surface area contributed by atoms with Gasteiger partial charge in [0.05, 0.1) is 23.6 Å². The van der Waals surface area contributed by atoms with Gasteiger partial charge in [-0.1, -0.05) is 24.3 Å². The summed E-state index contributed by atoms with van der Waals surface area (Å²) in [5.41, 5.74) is 10.1. The Morgan fingerprint density at radius 2 is 2.06 bits per heavy atom. The minimum absolute atomic E-state index is 0.109. The monoisotopic (exact) mass is 427 g/mol. The fourth-order valence-corrected chi connectivity index (χ4v) is 4.23. The molecule has 1 amide bonds. The number of nitrogen functional groups attached to an aromatic ring is 1. The Bertz CT molecular complexity index is 1310. The molecule has 5 rings (SSSR count). The van der Waals surface area contributed by atoms with Gasteiger partial charge in [0.15, 0.2) is 0 Å². The van der Waals surface area contributed by atoms with Crippen molar-refractivity contribution >= 4 is 34.0 Å². The second kappa shape index (κ2) is 7.96. The van der Waals surface area contributed by atoms with E-state index in [0.29, 0.717) is 18.2 Å². The number of likely N-dealkylation sites (tertiary alicyclic amines) is 1. The van der Waals surface area contributed by atoms with Crippen LogP contribution in [0.4, 0.5) is 17.3 Å². The number of aryl methyl sites for hydroxylation is 1. The molecule has 3 N–H and O–H groups in total. The molecule has 8 heteroatoms. The number of nitrogens with two attached hydrogens (primary N) is 1. The summed E-state index contributed by atoms with van der Waals surface area (Å²) in [5.74, 6) is 1.27. The van der Waals surface area contributed by atoms with Crippen LogP contribution in [-0.2, 0) is 4.79 Å². The fourth-order valence-electron chi connectivity index (χ4n) is 4.23. The third-order valence-corrected chi connectivity index (χ3v) is 6.02. The smallest absolute Gasteiger partial charge is 0.219 e. The number of carbonyl (C=O) groups is 1. The summed E-state index contributed by atoms with van der Waals surface area (Å²) in [6.45, 7) is 5.14. The number of nitrogens with zero attached hydrogens (tertiary/aromatic N) is 5. The first-order chi connectivity index (χ1) is 15.5. The Hall–Kier alpha value is -3.94. The molecule has 0 radical (unpaired) electrons. The molecular formula is C24H25N7O. The number of hydrogen-bond acceptors (Lipinski definition) is 6. The number of anilines is 3. The quantitative estimate of drug-likeness (QED) is 0.512. The van der Waals surface area contributed by atoms with Crippen LogP contribution in [0, 0.1) is 6.92 Å². The summed E-state index contributed by atoms with van der Waals surface area (Å²) in [5, 5.41) is 9.60. The van der Waals surface area contributed by atoms with Gasteiger partial charge in [-0.2, -0.15) is 5.10 Å². The summed E-state index contributed by atoms with van der Waals surface area (Å²) in [6, 6.07) is 12.3. The second-order valence-electron chi connectivity index (χ2n) is 8.24. The van der Waals surface area contributed by atoms with Crippen LogP contribution in [0.5, 0.6) is 0 Å². The van der Waals surface area contributed by atoms with E-state index in [-0.39, 0.29) is 11.9 Å². The number of fused-ring (bicyclic) bond motifs is 1. The van der Waals surface area contributed by atoms with Crippen molar-refractivity contribution in [3.8, 4) is 11.3 Å². The number of carbonyl (C=O) groups excluding carboxylic acids is 1.